The molecule has 5 atom stereocenters. The van der Waals surface area contributed by atoms with Crippen LogP contribution in [-0.4, -0.2) is 86.5 Å². The number of carbonyl (C=O) groups is 1. The van der Waals surface area contributed by atoms with E-state index in [0.29, 0.717) is 6.07 Å². The van der Waals surface area contributed by atoms with Crippen molar-refractivity contribution in [2.24, 2.45) is 11.8 Å². The van der Waals surface area contributed by atoms with Gasteiger partial charge in [0.05, 0.1) is 62.6 Å². The lowest BCUT2D eigenvalue weighted by Gasteiger charge is -2.39. The summed E-state index contributed by atoms with van der Waals surface area (Å²) in [5.74, 6) is -7.25. The highest BCUT2D eigenvalue weighted by Gasteiger charge is 2.48. The molecule has 4 rings (SSSR count). The van der Waals surface area contributed by atoms with E-state index in [-0.39, 0.29) is 15.3 Å². The lowest BCUT2D eigenvalue weighted by molar-refractivity contribution is -0.0690. The molecule has 0 aromatic heterocycles. The highest BCUT2D eigenvalue weighted by atomic mass is 32.2. The molecule has 2 aromatic rings. The number of nitrogens with zero attached hydrogens (tertiary/aromatic N) is 2. The smallest absolute Gasteiger partial charge is 0.408 e. The third-order valence-corrected chi connectivity index (χ3v) is 7.41. The van der Waals surface area contributed by atoms with E-state index in [1.54, 1.807) is 0 Å². The Balaban J connectivity index is 2.18. The topological polar surface area (TPSA) is 126 Å². The van der Waals surface area contributed by atoms with Crippen LogP contribution in [0.1, 0.15) is 38.6 Å². The predicted molar refractivity (Wildman–Crippen MR) is 144 cm³/mol. The van der Waals surface area contributed by atoms with Gasteiger partial charge in [-0.3, -0.25) is 4.90 Å². The molecule has 0 bridgehead atoms. The molecule has 10 nitrogen and oxygen atoms in total. The van der Waals surface area contributed by atoms with Crippen molar-refractivity contribution in [3.05, 3.63) is 71.9 Å². The van der Waals surface area contributed by atoms with Crippen LogP contribution in [-0.2, 0) is 25.9 Å². The van der Waals surface area contributed by atoms with Crippen LogP contribution in [0.5, 0.6) is 5.75 Å². The minimum atomic E-state index is -5.77. The molecule has 224 valence electrons. The predicted octanol–water partition coefficient (Wildman–Crippen LogP) is 3.46. The van der Waals surface area contributed by atoms with Gasteiger partial charge in [-0.1, -0.05) is 25.9 Å². The maximum atomic E-state index is 14.6. The maximum absolute atomic E-state index is 14.6. The summed E-state index contributed by atoms with van der Waals surface area (Å²) in [5, 5.41) is 15.3. The van der Waals surface area contributed by atoms with Crippen LogP contribution in [0.3, 0.4) is 0 Å². The van der Waals surface area contributed by atoms with Gasteiger partial charge in [0.15, 0.2) is 11.6 Å². The highest BCUT2D eigenvalue weighted by Crippen LogP contribution is 2.34. The van der Waals surface area contributed by atoms with Gasteiger partial charge in [0, 0.05) is 18.5 Å². The van der Waals surface area contributed by atoms with E-state index < -0.39 is 143 Å². The molecule has 1 saturated heterocycles. The fourth-order valence-electron chi connectivity index (χ4n) is 3.97. The van der Waals surface area contributed by atoms with Gasteiger partial charge < -0.3 is 24.4 Å². The third-order valence-electron chi connectivity index (χ3n) is 5.79. The summed E-state index contributed by atoms with van der Waals surface area (Å²) in [5.41, 5.74) is -1.63. The molecule has 2 heterocycles. The number of hydrogen-bond acceptors (Lipinski definition) is 7. The second-order valence-electron chi connectivity index (χ2n) is 9.10. The van der Waals surface area contributed by atoms with E-state index in [0.717, 1.165) is 6.26 Å². The molecule has 1 amide bonds. The van der Waals surface area contributed by atoms with E-state index in [4.69, 9.17) is 21.9 Å². The summed E-state index contributed by atoms with van der Waals surface area (Å²) in [6.07, 6.45) is -10.4. The zero-order chi connectivity index (χ0) is 42.9. The van der Waals surface area contributed by atoms with Gasteiger partial charge in [0.2, 0.25) is 17.7 Å². The zero-order valence-corrected chi connectivity index (χ0v) is 22.2. The number of benzene rings is 2. The molecule has 0 aliphatic carbocycles. The number of ether oxygens (including phenoxy) is 3. The van der Waals surface area contributed by atoms with E-state index in [2.05, 4.69) is 9.85 Å². The molecule has 2 N–H and O–H groups in total. The fourth-order valence-corrected chi connectivity index (χ4v) is 5.36. The van der Waals surface area contributed by atoms with E-state index in [1.807, 2.05) is 0 Å². The second-order valence-corrected chi connectivity index (χ2v) is 10.9. The molecule has 0 radical (unpaired) electrons. The summed E-state index contributed by atoms with van der Waals surface area (Å²) < 4.78 is 200. The number of amides is 1. The molecule has 2 aliphatic rings. The summed E-state index contributed by atoms with van der Waals surface area (Å²) >= 11 is 0. The van der Waals surface area contributed by atoms with Crippen molar-refractivity contribution in [2.75, 3.05) is 26.7 Å². The van der Waals surface area contributed by atoms with Crippen molar-refractivity contribution in [1.82, 2.24) is 9.21 Å². The van der Waals surface area contributed by atoms with Gasteiger partial charge in [-0.25, -0.2) is 22.0 Å². The summed E-state index contributed by atoms with van der Waals surface area (Å²) in [6, 6.07) is -13.3. The number of fused-ring (bicyclic) bond motifs is 1. The lowest BCUT2D eigenvalue weighted by Crippen LogP contribution is -2.57. The van der Waals surface area contributed by atoms with Crippen LogP contribution in [0.15, 0.2) is 59.6 Å². The van der Waals surface area contributed by atoms with Crippen LogP contribution in [0.25, 0.3) is 0 Å². The first kappa shape index (κ1) is 16.4. The zero-order valence-electron chi connectivity index (χ0n) is 36.4. The van der Waals surface area contributed by atoms with Crippen molar-refractivity contribution >= 4 is 16.1 Å². The number of rotatable bonds is 13. The Labute approximate surface area is 258 Å². The molecule has 2 aliphatic heterocycles. The Hall–Kier alpha value is -3.26. The monoisotopic (exact) mass is 611 g/mol. The average Bonchev–Trinajstić information content (AvgIpc) is 3.71. The van der Waals surface area contributed by atoms with Crippen LogP contribution in [0.4, 0.5) is 13.6 Å². The van der Waals surface area contributed by atoms with Crippen LogP contribution >= 0.6 is 0 Å². The molecule has 13 heteroatoms. The lowest BCUT2D eigenvalue weighted by atomic mass is 9.94. The Morgan fingerprint density at radius 1 is 1.32 bits per heavy atom. The van der Waals surface area contributed by atoms with Crippen molar-refractivity contribution in [3.63, 3.8) is 0 Å². The summed E-state index contributed by atoms with van der Waals surface area (Å²) in [6.45, 7) is -3.76. The molecule has 41 heavy (non-hydrogen) atoms. The fraction of sp³-hybridized carbons (Fsp3) is 0.464. The molecule has 2 aromatic carbocycles. The summed E-state index contributed by atoms with van der Waals surface area (Å²) in [7, 11) is -9.17. The molecule has 0 saturated carbocycles. The molecule has 0 spiro atoms. The average molecular weight is 612 g/mol. The largest absolute Gasteiger partial charge is 0.497 e. The van der Waals surface area contributed by atoms with Gasteiger partial charge in [0.1, 0.15) is 5.75 Å². The number of aliphatic hydroxyl groups is 1. The van der Waals surface area contributed by atoms with Crippen molar-refractivity contribution < 1.29 is 65.6 Å². The minimum Gasteiger partial charge on any atom is -0.497 e. The minimum absolute atomic E-state index is 0.271. The van der Waals surface area contributed by atoms with E-state index in [1.165, 1.54) is 19.9 Å². The Morgan fingerprint density at radius 3 is 2.73 bits per heavy atom. The first-order valence-corrected chi connectivity index (χ1v) is 13.3. The number of sulfonamides is 1. The van der Waals surface area contributed by atoms with E-state index >= 15 is 0 Å². The number of carboxylic acid groups (broad SMARTS) is 1. The van der Waals surface area contributed by atoms with Gasteiger partial charge in [0.25, 0.3) is 0 Å². The Bertz CT molecular complexity index is 2000. The standard InChI is InChI=1S/C28H34F2N2O8S/c1-17(2)14-31(41(36,37)20-8-9-22(29)23(30)13-20)15-26(33)24(12-18-4-6-19(38-3)7-5-18)32(28(34)35)25-16-40-27-21(25)10-11-39-27/h4-11,13,17,21,24-27,33H,12,14-16H2,1-3H3,(H,34,35)/t21-,24-,25?,26+,27-/m0/s1/i3D3,4D,5D,6D,7D,12D2,13D,15D2,24D,26D,33D. The van der Waals surface area contributed by atoms with E-state index in [9.17, 15) is 35.3 Å². The van der Waals surface area contributed by atoms with Gasteiger partial charge in [-0.05, 0) is 54.2 Å². The van der Waals surface area contributed by atoms with Crippen molar-refractivity contribution in [3.8, 4) is 5.75 Å². The van der Waals surface area contributed by atoms with Crippen LogP contribution < -0.4 is 4.74 Å². The number of halogens is 2. The first-order valence-electron chi connectivity index (χ1n) is 19.3. The molecule has 1 unspecified atom stereocenters. The quantitative estimate of drug-likeness (QED) is 0.353. The Morgan fingerprint density at radius 2 is 2.07 bits per heavy atom. The number of methoxy groups -OCH3 is 1. The summed E-state index contributed by atoms with van der Waals surface area (Å²) in [4.78, 5) is 11.7. The van der Waals surface area contributed by atoms with Gasteiger partial charge >= 0.3 is 6.09 Å². The van der Waals surface area contributed by atoms with Crippen LogP contribution in [0, 0.1) is 23.5 Å². The van der Waals surface area contributed by atoms with Crippen molar-refractivity contribution in [2.45, 2.75) is 49.5 Å². The normalized spacial score (nSPS) is 29.3. The first-order chi connectivity index (χ1) is 25.5. The molecular weight excluding hydrogens is 562 g/mol. The maximum Gasteiger partial charge on any atom is 0.408 e. The van der Waals surface area contributed by atoms with Gasteiger partial charge in [-0.2, -0.15) is 4.31 Å². The van der Waals surface area contributed by atoms with Gasteiger partial charge in [-0.15, -0.1) is 0 Å². The van der Waals surface area contributed by atoms with Crippen LogP contribution in [0.2, 0.25) is 0 Å². The van der Waals surface area contributed by atoms with Crippen molar-refractivity contribution in [1.29, 1.82) is 1.43 Å². The highest BCUT2D eigenvalue weighted by molar-refractivity contribution is 7.89. The molecular formula is C28H34F2N2O8S. The Kier molecular flexibility index (Phi) is 5.09. The number of hydrogen-bond donors (Lipinski definition) is 2. The molecule has 1 fully saturated rings. The SMILES string of the molecule is [2H]O[C@]([2H])(C([2H])([2H])N(CC(C)C)S(=O)(=O)c1ccc(F)c(F)c1[2H])[C@@]([2H])(N(C(=O)O)C1CO[C@@H]2OC=C[C@@H]12)C([2H])([2H])c1c([2H])c([2H])c(OC([2H])([2H])[2H])c([2H])c1[2H]. The third kappa shape index (κ3) is 6.80. The second kappa shape index (κ2) is 12.7.